The fourth-order valence-electron chi connectivity index (χ4n) is 5.35. The first-order chi connectivity index (χ1) is 12.5. The summed E-state index contributed by atoms with van der Waals surface area (Å²) in [5.74, 6) is 1.13. The number of hydrogen-bond donors (Lipinski definition) is 3. The maximum absolute atomic E-state index is 13.2. The predicted octanol–water partition coefficient (Wildman–Crippen LogP) is 1.37. The van der Waals surface area contributed by atoms with Crippen molar-refractivity contribution in [1.82, 2.24) is 15.1 Å². The third-order valence-corrected chi connectivity index (χ3v) is 6.79. The maximum atomic E-state index is 13.2. The van der Waals surface area contributed by atoms with E-state index in [0.29, 0.717) is 30.3 Å². The van der Waals surface area contributed by atoms with Crippen LogP contribution >= 0.6 is 0 Å². The zero-order chi connectivity index (χ0) is 18.3. The van der Waals surface area contributed by atoms with Gasteiger partial charge in [-0.25, -0.2) is 0 Å². The Morgan fingerprint density at radius 1 is 1.15 bits per heavy atom. The number of aromatic nitrogens is 2. The summed E-state index contributed by atoms with van der Waals surface area (Å²) in [6.45, 7) is 1.52. The van der Waals surface area contributed by atoms with E-state index in [9.17, 15) is 9.59 Å². The van der Waals surface area contributed by atoms with E-state index in [1.807, 2.05) is 4.90 Å². The normalized spacial score (nSPS) is 34.5. The van der Waals surface area contributed by atoms with Gasteiger partial charge in [0.15, 0.2) is 0 Å². The molecule has 3 fully saturated rings. The lowest BCUT2D eigenvalue weighted by Crippen LogP contribution is -2.50. The van der Waals surface area contributed by atoms with E-state index in [1.54, 1.807) is 6.07 Å². The van der Waals surface area contributed by atoms with Gasteiger partial charge in [0.1, 0.15) is 5.69 Å². The minimum absolute atomic E-state index is 0.131. The van der Waals surface area contributed by atoms with Gasteiger partial charge in [0.25, 0.3) is 5.91 Å². The van der Waals surface area contributed by atoms with Crippen LogP contribution in [-0.2, 0) is 4.79 Å². The van der Waals surface area contributed by atoms with E-state index in [0.717, 1.165) is 37.9 Å². The van der Waals surface area contributed by atoms with Gasteiger partial charge in [-0.15, -0.1) is 0 Å². The summed E-state index contributed by atoms with van der Waals surface area (Å²) in [6.07, 6.45) is 7.48. The van der Waals surface area contributed by atoms with Gasteiger partial charge < -0.3 is 16.4 Å². The highest BCUT2D eigenvalue weighted by atomic mass is 16.2. The molecular formula is C19H29N5O2. The van der Waals surface area contributed by atoms with Crippen LogP contribution in [0.15, 0.2) is 6.07 Å². The summed E-state index contributed by atoms with van der Waals surface area (Å²) in [5.41, 5.74) is 12.8. The Bertz CT molecular complexity index is 673. The molecular weight excluding hydrogens is 330 g/mol. The first-order valence-electron chi connectivity index (χ1n) is 9.92. The summed E-state index contributed by atoms with van der Waals surface area (Å²) in [4.78, 5) is 26.5. The minimum atomic E-state index is -0.527. The first-order valence-corrected chi connectivity index (χ1v) is 9.92. The Kier molecular flexibility index (Phi) is 4.73. The molecule has 0 spiro atoms. The fraction of sp³-hybridized carbons (Fsp3) is 0.737. The van der Waals surface area contributed by atoms with Gasteiger partial charge in [0, 0.05) is 36.7 Å². The number of nitrogens with two attached hydrogens (primary N) is 2. The van der Waals surface area contributed by atoms with Crippen molar-refractivity contribution in [2.45, 2.75) is 56.9 Å². The van der Waals surface area contributed by atoms with Crippen LogP contribution in [0.2, 0.25) is 0 Å². The third kappa shape index (κ3) is 3.24. The van der Waals surface area contributed by atoms with Crippen LogP contribution < -0.4 is 11.5 Å². The molecule has 2 saturated carbocycles. The lowest BCUT2D eigenvalue weighted by molar-refractivity contribution is -0.139. The van der Waals surface area contributed by atoms with E-state index >= 15 is 0 Å². The second kappa shape index (κ2) is 7.02. The van der Waals surface area contributed by atoms with Gasteiger partial charge in [-0.1, -0.05) is 6.42 Å². The van der Waals surface area contributed by atoms with Crippen molar-refractivity contribution in [2.75, 3.05) is 13.1 Å². The standard InChI is InChI=1S/C19H29N5O2/c20-17-11-3-1-4-12(17)8-14(7-11)19(26)24-6-2-5-13(10-24)15-9-16(18(21)25)23-22-15/h9,11-14,17H,1-8,10,20H2,(H2,21,25)(H,22,23). The number of carbonyl (C=O) groups is 2. The van der Waals surface area contributed by atoms with Crippen LogP contribution in [0.1, 0.15) is 67.0 Å². The zero-order valence-corrected chi connectivity index (χ0v) is 15.2. The molecule has 142 valence electrons. The Labute approximate surface area is 153 Å². The summed E-state index contributed by atoms with van der Waals surface area (Å²) in [5, 5.41) is 6.91. The molecule has 1 aromatic heterocycles. The number of nitrogens with zero attached hydrogens (tertiary/aromatic N) is 2. The Balaban J connectivity index is 1.42. The molecule has 26 heavy (non-hydrogen) atoms. The Hall–Kier alpha value is -1.89. The number of rotatable bonds is 3. The van der Waals surface area contributed by atoms with Crippen LogP contribution in [0, 0.1) is 17.8 Å². The second-order valence-corrected chi connectivity index (χ2v) is 8.39. The number of piperidine rings is 1. The van der Waals surface area contributed by atoms with Gasteiger partial charge in [-0.2, -0.15) is 5.10 Å². The molecule has 5 N–H and O–H groups in total. The van der Waals surface area contributed by atoms with E-state index in [2.05, 4.69) is 10.2 Å². The van der Waals surface area contributed by atoms with E-state index < -0.39 is 5.91 Å². The molecule has 4 rings (SSSR count). The zero-order valence-electron chi connectivity index (χ0n) is 15.2. The molecule has 1 aromatic rings. The van der Waals surface area contributed by atoms with E-state index in [1.165, 1.54) is 19.3 Å². The summed E-state index contributed by atoms with van der Waals surface area (Å²) >= 11 is 0. The van der Waals surface area contributed by atoms with Crippen LogP contribution in [0.4, 0.5) is 0 Å². The number of fused-ring (bicyclic) bond motifs is 2. The van der Waals surface area contributed by atoms with Crippen molar-refractivity contribution in [2.24, 2.45) is 29.2 Å². The second-order valence-electron chi connectivity index (χ2n) is 8.39. The Morgan fingerprint density at radius 3 is 2.54 bits per heavy atom. The molecule has 2 aliphatic carbocycles. The number of amides is 2. The smallest absolute Gasteiger partial charge is 0.269 e. The predicted molar refractivity (Wildman–Crippen MR) is 97.2 cm³/mol. The van der Waals surface area contributed by atoms with Crippen molar-refractivity contribution < 1.29 is 9.59 Å². The lowest BCUT2D eigenvalue weighted by atomic mass is 9.65. The number of nitrogens with one attached hydrogen (secondary N) is 1. The molecule has 0 aromatic carbocycles. The molecule has 0 radical (unpaired) electrons. The highest BCUT2D eigenvalue weighted by molar-refractivity contribution is 5.90. The fourth-order valence-corrected chi connectivity index (χ4v) is 5.35. The van der Waals surface area contributed by atoms with Gasteiger partial charge in [0.05, 0.1) is 0 Å². The molecule has 3 atom stereocenters. The highest BCUT2D eigenvalue weighted by Gasteiger charge is 2.42. The topological polar surface area (TPSA) is 118 Å². The number of likely N-dealkylation sites (tertiary alicyclic amines) is 1. The molecule has 3 unspecified atom stereocenters. The van der Waals surface area contributed by atoms with E-state index in [4.69, 9.17) is 11.5 Å². The Morgan fingerprint density at radius 2 is 1.88 bits per heavy atom. The van der Waals surface area contributed by atoms with E-state index in [-0.39, 0.29) is 17.5 Å². The van der Waals surface area contributed by atoms with Gasteiger partial charge >= 0.3 is 0 Å². The maximum Gasteiger partial charge on any atom is 0.269 e. The third-order valence-electron chi connectivity index (χ3n) is 6.79. The number of carbonyl (C=O) groups excluding carboxylic acids is 2. The largest absolute Gasteiger partial charge is 0.364 e. The highest BCUT2D eigenvalue weighted by Crippen LogP contribution is 2.42. The van der Waals surface area contributed by atoms with Crippen molar-refractivity contribution in [3.8, 4) is 0 Å². The molecule has 2 heterocycles. The van der Waals surface area contributed by atoms with Gasteiger partial charge in [0.2, 0.25) is 5.91 Å². The SMILES string of the molecule is NC(=O)c1cc(C2CCCN(C(=O)C3CC4CCCC(C3)C4N)C2)[nH]n1. The molecule has 1 aliphatic heterocycles. The van der Waals surface area contributed by atoms with Gasteiger partial charge in [-0.05, 0) is 56.4 Å². The summed E-state index contributed by atoms with van der Waals surface area (Å²) in [6, 6.07) is 2.02. The minimum Gasteiger partial charge on any atom is -0.364 e. The number of aromatic amines is 1. The summed E-state index contributed by atoms with van der Waals surface area (Å²) < 4.78 is 0. The van der Waals surface area contributed by atoms with Crippen LogP contribution in [0.3, 0.4) is 0 Å². The van der Waals surface area contributed by atoms with Crippen LogP contribution in [0.5, 0.6) is 0 Å². The monoisotopic (exact) mass is 359 g/mol. The first kappa shape index (κ1) is 17.5. The average molecular weight is 359 g/mol. The number of H-pyrrole nitrogens is 1. The van der Waals surface area contributed by atoms with Crippen molar-refractivity contribution >= 4 is 11.8 Å². The lowest BCUT2D eigenvalue weighted by Gasteiger charge is -2.45. The van der Waals surface area contributed by atoms with Crippen molar-refractivity contribution in [3.63, 3.8) is 0 Å². The van der Waals surface area contributed by atoms with Gasteiger partial charge in [-0.3, -0.25) is 14.7 Å². The quantitative estimate of drug-likeness (QED) is 0.755. The molecule has 1 saturated heterocycles. The summed E-state index contributed by atoms with van der Waals surface area (Å²) in [7, 11) is 0. The van der Waals surface area contributed by atoms with Crippen molar-refractivity contribution in [3.05, 3.63) is 17.5 Å². The van der Waals surface area contributed by atoms with Crippen LogP contribution in [-0.4, -0.2) is 46.0 Å². The molecule has 2 amide bonds. The number of hydrogen-bond acceptors (Lipinski definition) is 4. The number of primary amides is 1. The van der Waals surface area contributed by atoms with Crippen LogP contribution in [0.25, 0.3) is 0 Å². The average Bonchev–Trinajstić information content (AvgIpc) is 3.11. The molecule has 7 nitrogen and oxygen atoms in total. The molecule has 2 bridgehead atoms. The van der Waals surface area contributed by atoms with Crippen molar-refractivity contribution in [1.29, 1.82) is 0 Å². The molecule has 3 aliphatic rings. The molecule has 7 heteroatoms.